The highest BCUT2D eigenvalue weighted by atomic mass is 19.3. The van der Waals surface area contributed by atoms with Gasteiger partial charge in [0.1, 0.15) is 23.9 Å². The second-order valence-electron chi connectivity index (χ2n) is 7.38. The van der Waals surface area contributed by atoms with Crippen molar-refractivity contribution in [1.82, 2.24) is 0 Å². The van der Waals surface area contributed by atoms with E-state index in [2.05, 4.69) is 9.73 Å². The lowest BCUT2D eigenvalue weighted by Crippen LogP contribution is -2.28. The third-order valence-corrected chi connectivity index (χ3v) is 5.42. The molecule has 5 nitrogen and oxygen atoms in total. The lowest BCUT2D eigenvalue weighted by Gasteiger charge is -2.28. The molecule has 0 spiro atoms. The topological polar surface area (TPSA) is 66.1 Å². The highest BCUT2D eigenvalue weighted by Gasteiger charge is 2.41. The summed E-state index contributed by atoms with van der Waals surface area (Å²) in [6.45, 7) is -1.05. The minimum atomic E-state index is -2.92. The van der Waals surface area contributed by atoms with E-state index in [1.807, 2.05) is 12.1 Å². The number of rotatable bonds is 6. The zero-order chi connectivity index (χ0) is 22.9. The predicted octanol–water partition coefficient (Wildman–Crippen LogP) is 5.00. The molecule has 166 valence electrons. The Morgan fingerprint density at radius 1 is 1.06 bits per heavy atom. The molecular weight excluding hydrogens is 421 g/mol. The number of alkyl halides is 2. The zero-order valence-corrected chi connectivity index (χ0v) is 17.4. The summed E-state index contributed by atoms with van der Waals surface area (Å²) in [4.78, 5) is 4.57. The first kappa shape index (κ1) is 21.5. The quantitative estimate of drug-likeness (QED) is 0.584. The van der Waals surface area contributed by atoms with Crippen LogP contribution in [0.25, 0.3) is 11.1 Å². The lowest BCUT2D eigenvalue weighted by molar-refractivity contribution is -0.0498. The molecule has 32 heavy (non-hydrogen) atoms. The highest BCUT2D eigenvalue weighted by Crippen LogP contribution is 2.41. The van der Waals surface area contributed by atoms with Crippen LogP contribution in [-0.4, -0.2) is 26.3 Å². The fraction of sp³-hybridized carbons (Fsp3) is 0.208. The van der Waals surface area contributed by atoms with Crippen LogP contribution in [0.3, 0.4) is 0 Å². The number of nitrogens with zero attached hydrogens (tertiary/aromatic N) is 1. The van der Waals surface area contributed by atoms with Gasteiger partial charge in [0, 0.05) is 5.56 Å². The maximum atomic E-state index is 14.6. The van der Waals surface area contributed by atoms with Crippen LogP contribution in [0.4, 0.5) is 13.2 Å². The molecule has 0 fully saturated rings. The number of hydrogen-bond acceptors (Lipinski definition) is 5. The van der Waals surface area contributed by atoms with E-state index in [0.717, 1.165) is 0 Å². The largest absolute Gasteiger partial charge is 0.497 e. The van der Waals surface area contributed by atoms with Crippen LogP contribution in [0, 0.1) is 12.7 Å². The van der Waals surface area contributed by atoms with Gasteiger partial charge in [-0.05, 0) is 65.6 Å². The van der Waals surface area contributed by atoms with Crippen LogP contribution in [0.15, 0.2) is 65.7 Å². The maximum Gasteiger partial charge on any atom is 0.387 e. The molecule has 0 aromatic heterocycles. The Bertz CT molecular complexity index is 1180. The van der Waals surface area contributed by atoms with E-state index in [0.29, 0.717) is 33.6 Å². The van der Waals surface area contributed by atoms with Crippen LogP contribution >= 0.6 is 0 Å². The van der Waals surface area contributed by atoms with E-state index < -0.39 is 18.0 Å². The fourth-order valence-electron chi connectivity index (χ4n) is 3.95. The number of benzene rings is 3. The molecule has 4 rings (SSSR count). The monoisotopic (exact) mass is 442 g/mol. The molecule has 1 heterocycles. The summed E-state index contributed by atoms with van der Waals surface area (Å²) in [5.74, 6) is 0.172. The van der Waals surface area contributed by atoms with Crippen molar-refractivity contribution in [2.24, 2.45) is 10.7 Å². The number of hydrogen-bond donors (Lipinski definition) is 1. The van der Waals surface area contributed by atoms with Gasteiger partial charge in [-0.1, -0.05) is 24.3 Å². The van der Waals surface area contributed by atoms with Gasteiger partial charge in [0.25, 0.3) is 6.02 Å². The van der Waals surface area contributed by atoms with Gasteiger partial charge in [-0.3, -0.25) is 0 Å². The number of aryl methyl sites for hydroxylation is 1. The van der Waals surface area contributed by atoms with Gasteiger partial charge < -0.3 is 19.9 Å². The predicted molar refractivity (Wildman–Crippen MR) is 115 cm³/mol. The third-order valence-electron chi connectivity index (χ3n) is 5.42. The van der Waals surface area contributed by atoms with Gasteiger partial charge >= 0.3 is 6.61 Å². The van der Waals surface area contributed by atoms with E-state index in [9.17, 15) is 13.2 Å². The van der Waals surface area contributed by atoms with E-state index in [4.69, 9.17) is 15.2 Å². The minimum absolute atomic E-state index is 0.00951. The second kappa shape index (κ2) is 8.45. The Balaban J connectivity index is 1.84. The number of aliphatic imine (C=N–C) groups is 1. The zero-order valence-electron chi connectivity index (χ0n) is 17.4. The van der Waals surface area contributed by atoms with Gasteiger partial charge in [0.05, 0.1) is 7.11 Å². The Kier molecular flexibility index (Phi) is 5.69. The molecule has 0 unspecified atom stereocenters. The molecule has 0 bridgehead atoms. The van der Waals surface area contributed by atoms with Crippen molar-refractivity contribution in [2.45, 2.75) is 19.1 Å². The van der Waals surface area contributed by atoms with Gasteiger partial charge in [0.2, 0.25) is 0 Å². The highest BCUT2D eigenvalue weighted by molar-refractivity contribution is 5.76. The van der Waals surface area contributed by atoms with Crippen molar-refractivity contribution in [3.63, 3.8) is 0 Å². The normalized spacial score (nSPS) is 17.8. The van der Waals surface area contributed by atoms with Gasteiger partial charge in [-0.2, -0.15) is 8.78 Å². The minimum Gasteiger partial charge on any atom is -0.497 e. The Morgan fingerprint density at radius 2 is 1.84 bits per heavy atom. The van der Waals surface area contributed by atoms with Crippen molar-refractivity contribution in [2.75, 3.05) is 13.7 Å². The average molecular weight is 442 g/mol. The van der Waals surface area contributed by atoms with Crippen molar-refractivity contribution < 1.29 is 27.4 Å². The molecule has 8 heteroatoms. The molecule has 3 aromatic rings. The number of methoxy groups -OCH3 is 1. The fourth-order valence-corrected chi connectivity index (χ4v) is 3.95. The van der Waals surface area contributed by atoms with Crippen molar-refractivity contribution >= 4 is 6.02 Å². The van der Waals surface area contributed by atoms with Crippen LogP contribution in [-0.2, 0) is 10.3 Å². The SMILES string of the molecule is COc1ccc(F)c(-c2cccc([C@]3(c4ccc(OC(F)F)cc4C)COC(N)=N3)c2)c1. The summed E-state index contributed by atoms with van der Waals surface area (Å²) in [5.41, 5.74) is 7.93. The molecule has 3 aromatic carbocycles. The summed E-state index contributed by atoms with van der Waals surface area (Å²) in [6.07, 6.45) is 0. The molecule has 2 N–H and O–H groups in total. The summed E-state index contributed by atoms with van der Waals surface area (Å²) in [6, 6.07) is 16.4. The molecule has 1 atom stereocenters. The number of halogens is 3. The van der Waals surface area contributed by atoms with Crippen molar-refractivity contribution in [3.05, 3.63) is 83.2 Å². The van der Waals surface area contributed by atoms with Gasteiger partial charge in [-0.25, -0.2) is 9.38 Å². The first-order valence-electron chi connectivity index (χ1n) is 9.81. The molecule has 0 radical (unpaired) electrons. The van der Waals surface area contributed by atoms with E-state index in [-0.39, 0.29) is 18.4 Å². The van der Waals surface area contributed by atoms with Crippen LogP contribution in [0.2, 0.25) is 0 Å². The van der Waals surface area contributed by atoms with E-state index in [1.54, 1.807) is 37.3 Å². The van der Waals surface area contributed by atoms with Crippen LogP contribution in [0.5, 0.6) is 11.5 Å². The Labute approximate surface area is 183 Å². The number of ether oxygens (including phenoxy) is 3. The van der Waals surface area contributed by atoms with Crippen LogP contribution < -0.4 is 15.2 Å². The van der Waals surface area contributed by atoms with E-state index in [1.165, 1.54) is 25.3 Å². The second-order valence-corrected chi connectivity index (χ2v) is 7.38. The first-order valence-corrected chi connectivity index (χ1v) is 9.81. The maximum absolute atomic E-state index is 14.6. The molecular formula is C24H21F3N2O3. The summed E-state index contributed by atoms with van der Waals surface area (Å²) >= 11 is 0. The van der Waals surface area contributed by atoms with Gasteiger partial charge in [-0.15, -0.1) is 0 Å². The Hall–Kier alpha value is -3.68. The number of amidine groups is 1. The van der Waals surface area contributed by atoms with Gasteiger partial charge in [0.15, 0.2) is 5.54 Å². The summed E-state index contributed by atoms with van der Waals surface area (Å²) in [7, 11) is 1.51. The molecule has 0 saturated heterocycles. The first-order chi connectivity index (χ1) is 15.3. The molecule has 1 aliphatic rings. The summed E-state index contributed by atoms with van der Waals surface area (Å²) in [5, 5.41) is 0. The lowest BCUT2D eigenvalue weighted by atomic mass is 9.81. The standard InChI is InChI=1S/C24H21F3N2O3/c1-14-10-18(32-22(26)27)6-8-20(14)24(13-31-23(28)29-24)16-5-3-4-15(11-16)19-12-17(30-2)7-9-21(19)25/h3-12,22H,13H2,1-2H3,(H2,28,29)/t24-/m0/s1. The third kappa shape index (κ3) is 3.95. The number of nitrogens with two attached hydrogens (primary N) is 1. The molecule has 0 amide bonds. The van der Waals surface area contributed by atoms with Crippen LogP contribution in [0.1, 0.15) is 16.7 Å². The summed E-state index contributed by atoms with van der Waals surface area (Å²) < 4.78 is 55.1. The Morgan fingerprint density at radius 3 is 2.50 bits per heavy atom. The molecule has 0 aliphatic carbocycles. The van der Waals surface area contributed by atoms with E-state index >= 15 is 0 Å². The molecule has 1 aliphatic heterocycles. The molecule has 0 saturated carbocycles. The average Bonchev–Trinajstić information content (AvgIpc) is 3.16. The van der Waals surface area contributed by atoms with Crippen molar-refractivity contribution in [3.8, 4) is 22.6 Å². The smallest absolute Gasteiger partial charge is 0.387 e. The van der Waals surface area contributed by atoms with Crippen molar-refractivity contribution in [1.29, 1.82) is 0 Å².